The monoisotopic (exact) mass is 425 g/mol. The van der Waals surface area contributed by atoms with Gasteiger partial charge in [-0.3, -0.25) is 4.79 Å². The van der Waals surface area contributed by atoms with E-state index in [0.29, 0.717) is 24.6 Å². The fourth-order valence-corrected chi connectivity index (χ4v) is 4.21. The number of carbonyl (C=O) groups excluding carboxylic acids is 1. The molecule has 2 aromatic rings. The molecule has 1 unspecified atom stereocenters. The minimum Gasteiger partial charge on any atom is -0.343 e. The van der Waals surface area contributed by atoms with Crippen molar-refractivity contribution in [2.24, 2.45) is 0 Å². The summed E-state index contributed by atoms with van der Waals surface area (Å²) >= 11 is 0. The maximum Gasteiger partial charge on any atom is 0.223 e. The van der Waals surface area contributed by atoms with E-state index in [0.717, 1.165) is 50.2 Å². The SMILES string of the molecule is CC(CC(=O)N1CCC(c2nnc3n2CCNC3)CC1)c1ccc(F)cc1F.Cl. The summed E-state index contributed by atoms with van der Waals surface area (Å²) in [5.41, 5.74) is 0.383. The standard InChI is InChI=1S/C20H25F2N5O.ClH/c1-13(16-3-2-15(21)11-17(16)22)10-19(28)26-7-4-14(5-8-26)20-25-24-18-12-23-6-9-27(18)20;/h2-3,11,13-14,23H,4-10,12H2,1H3;1H. The van der Waals surface area contributed by atoms with E-state index in [1.165, 1.54) is 12.1 Å². The van der Waals surface area contributed by atoms with E-state index in [9.17, 15) is 13.6 Å². The van der Waals surface area contributed by atoms with Gasteiger partial charge in [0.1, 0.15) is 23.3 Å². The molecule has 0 bridgehead atoms. The molecule has 0 aliphatic carbocycles. The molecule has 9 heteroatoms. The molecule has 2 aliphatic heterocycles. The van der Waals surface area contributed by atoms with Crippen molar-refractivity contribution in [1.29, 1.82) is 0 Å². The van der Waals surface area contributed by atoms with Crippen LogP contribution in [-0.2, 0) is 17.9 Å². The molecule has 1 saturated heterocycles. The number of rotatable bonds is 4. The Morgan fingerprint density at radius 1 is 1.24 bits per heavy atom. The average molecular weight is 426 g/mol. The predicted molar refractivity (Wildman–Crippen MR) is 107 cm³/mol. The molecule has 3 heterocycles. The molecule has 4 rings (SSSR count). The number of nitrogens with one attached hydrogen (secondary N) is 1. The summed E-state index contributed by atoms with van der Waals surface area (Å²) in [5, 5.41) is 12.0. The molecular formula is C20H26ClF2N5O. The minimum absolute atomic E-state index is 0. The van der Waals surface area contributed by atoms with Crippen LogP contribution in [0.3, 0.4) is 0 Å². The van der Waals surface area contributed by atoms with Crippen molar-refractivity contribution in [3.63, 3.8) is 0 Å². The molecule has 1 aromatic carbocycles. The largest absolute Gasteiger partial charge is 0.343 e. The van der Waals surface area contributed by atoms with Gasteiger partial charge >= 0.3 is 0 Å². The summed E-state index contributed by atoms with van der Waals surface area (Å²) in [6, 6.07) is 3.54. The van der Waals surface area contributed by atoms with Crippen molar-refractivity contribution >= 4 is 18.3 Å². The molecule has 0 saturated carbocycles. The number of halogens is 3. The predicted octanol–water partition coefficient (Wildman–Crippen LogP) is 2.98. The van der Waals surface area contributed by atoms with Crippen molar-refractivity contribution in [3.05, 3.63) is 47.0 Å². The number of piperidine rings is 1. The zero-order valence-electron chi connectivity index (χ0n) is 16.4. The van der Waals surface area contributed by atoms with Gasteiger partial charge in [0.2, 0.25) is 5.91 Å². The summed E-state index contributed by atoms with van der Waals surface area (Å²) in [6.45, 7) is 5.70. The van der Waals surface area contributed by atoms with Crippen molar-refractivity contribution in [2.75, 3.05) is 19.6 Å². The summed E-state index contributed by atoms with van der Waals surface area (Å²) < 4.78 is 29.3. The van der Waals surface area contributed by atoms with Crippen LogP contribution < -0.4 is 5.32 Å². The first-order chi connectivity index (χ1) is 13.5. The molecule has 1 N–H and O–H groups in total. The first kappa shape index (κ1) is 21.6. The zero-order chi connectivity index (χ0) is 19.7. The Labute approximate surface area is 175 Å². The van der Waals surface area contributed by atoms with Crippen LogP contribution in [0.5, 0.6) is 0 Å². The van der Waals surface area contributed by atoms with Crippen LogP contribution in [0.25, 0.3) is 0 Å². The number of aromatic nitrogens is 3. The van der Waals surface area contributed by atoms with Gasteiger partial charge < -0.3 is 14.8 Å². The van der Waals surface area contributed by atoms with Gasteiger partial charge in [-0.1, -0.05) is 13.0 Å². The van der Waals surface area contributed by atoms with Gasteiger partial charge in [-0.05, 0) is 30.4 Å². The van der Waals surface area contributed by atoms with E-state index in [1.54, 1.807) is 6.92 Å². The third-order valence-corrected chi connectivity index (χ3v) is 5.84. The van der Waals surface area contributed by atoms with Crippen molar-refractivity contribution in [3.8, 4) is 0 Å². The Bertz CT molecular complexity index is 867. The smallest absolute Gasteiger partial charge is 0.223 e. The number of nitrogens with zero attached hydrogens (tertiary/aromatic N) is 4. The second kappa shape index (κ2) is 9.17. The lowest BCUT2D eigenvalue weighted by Gasteiger charge is -2.32. The number of hydrogen-bond donors (Lipinski definition) is 1. The van der Waals surface area contributed by atoms with Gasteiger partial charge in [0.25, 0.3) is 0 Å². The van der Waals surface area contributed by atoms with Crippen LogP contribution in [0.15, 0.2) is 18.2 Å². The van der Waals surface area contributed by atoms with Crippen LogP contribution >= 0.6 is 12.4 Å². The van der Waals surface area contributed by atoms with E-state index < -0.39 is 11.6 Å². The minimum atomic E-state index is -0.603. The van der Waals surface area contributed by atoms with Crippen LogP contribution in [0.1, 0.15) is 55.2 Å². The second-order valence-corrected chi connectivity index (χ2v) is 7.73. The van der Waals surface area contributed by atoms with Crippen LogP contribution in [0, 0.1) is 11.6 Å². The highest BCUT2D eigenvalue weighted by atomic mass is 35.5. The maximum absolute atomic E-state index is 14.0. The Morgan fingerprint density at radius 2 is 2.00 bits per heavy atom. The Hall–Kier alpha value is -2.06. The van der Waals surface area contributed by atoms with Crippen LogP contribution in [-0.4, -0.2) is 45.2 Å². The summed E-state index contributed by atoms with van der Waals surface area (Å²) in [4.78, 5) is 14.5. The molecule has 158 valence electrons. The van der Waals surface area contributed by atoms with E-state index in [2.05, 4.69) is 20.1 Å². The number of amides is 1. The van der Waals surface area contributed by atoms with Crippen molar-refractivity contribution in [2.45, 2.75) is 51.1 Å². The lowest BCUT2D eigenvalue weighted by atomic mass is 9.93. The van der Waals surface area contributed by atoms with Gasteiger partial charge in [-0.2, -0.15) is 0 Å². The molecule has 29 heavy (non-hydrogen) atoms. The zero-order valence-corrected chi connectivity index (χ0v) is 17.2. The van der Waals surface area contributed by atoms with Gasteiger partial charge in [0.15, 0.2) is 0 Å². The number of benzene rings is 1. The third-order valence-electron chi connectivity index (χ3n) is 5.84. The van der Waals surface area contributed by atoms with Gasteiger partial charge in [0, 0.05) is 44.6 Å². The fraction of sp³-hybridized carbons (Fsp3) is 0.550. The highest BCUT2D eigenvalue weighted by Gasteiger charge is 2.29. The first-order valence-electron chi connectivity index (χ1n) is 9.88. The Morgan fingerprint density at radius 3 is 2.72 bits per heavy atom. The van der Waals surface area contributed by atoms with Crippen LogP contribution in [0.4, 0.5) is 8.78 Å². The molecule has 0 radical (unpaired) electrons. The molecule has 2 aliphatic rings. The summed E-state index contributed by atoms with van der Waals surface area (Å²) in [7, 11) is 0. The van der Waals surface area contributed by atoms with Gasteiger partial charge in [-0.15, -0.1) is 22.6 Å². The van der Waals surface area contributed by atoms with Crippen LogP contribution in [0.2, 0.25) is 0 Å². The average Bonchev–Trinajstić information content (AvgIpc) is 3.12. The Kier molecular flexibility index (Phi) is 6.85. The first-order valence-corrected chi connectivity index (χ1v) is 9.88. The summed E-state index contributed by atoms with van der Waals surface area (Å²) in [5.74, 6) is 0.859. The molecule has 0 spiro atoms. The van der Waals surface area contributed by atoms with E-state index in [1.807, 2.05) is 4.90 Å². The Balaban J connectivity index is 0.00000240. The lowest BCUT2D eigenvalue weighted by Crippen LogP contribution is -2.39. The molecule has 1 amide bonds. The lowest BCUT2D eigenvalue weighted by molar-refractivity contribution is -0.132. The molecule has 1 aromatic heterocycles. The molecule has 1 atom stereocenters. The number of hydrogen-bond acceptors (Lipinski definition) is 4. The summed E-state index contributed by atoms with van der Waals surface area (Å²) in [6.07, 6.45) is 1.94. The van der Waals surface area contributed by atoms with Crippen molar-refractivity contribution in [1.82, 2.24) is 25.0 Å². The number of carbonyl (C=O) groups is 1. The third kappa shape index (κ3) is 4.59. The fourth-order valence-electron chi connectivity index (χ4n) is 4.21. The van der Waals surface area contributed by atoms with Crippen molar-refractivity contribution < 1.29 is 13.6 Å². The maximum atomic E-state index is 14.0. The molecule has 6 nitrogen and oxygen atoms in total. The molecular weight excluding hydrogens is 400 g/mol. The quantitative estimate of drug-likeness (QED) is 0.818. The van der Waals surface area contributed by atoms with E-state index >= 15 is 0 Å². The number of fused-ring (bicyclic) bond motifs is 1. The highest BCUT2D eigenvalue weighted by molar-refractivity contribution is 5.85. The topological polar surface area (TPSA) is 63.1 Å². The molecule has 1 fully saturated rings. The van der Waals surface area contributed by atoms with Gasteiger partial charge in [-0.25, -0.2) is 8.78 Å². The second-order valence-electron chi connectivity index (χ2n) is 7.73. The number of likely N-dealkylation sites (tertiary alicyclic amines) is 1. The normalized spacial score (nSPS) is 18.1. The van der Waals surface area contributed by atoms with E-state index in [-0.39, 0.29) is 30.7 Å². The van der Waals surface area contributed by atoms with Gasteiger partial charge in [0.05, 0.1) is 6.54 Å². The van der Waals surface area contributed by atoms with E-state index in [4.69, 9.17) is 0 Å². The highest BCUT2D eigenvalue weighted by Crippen LogP contribution is 2.29.